The van der Waals surface area contributed by atoms with Crippen molar-refractivity contribution in [3.05, 3.63) is 34.9 Å². The van der Waals surface area contributed by atoms with Crippen molar-refractivity contribution in [2.45, 2.75) is 33.6 Å². The third-order valence-corrected chi connectivity index (χ3v) is 2.71. The van der Waals surface area contributed by atoms with Crippen molar-refractivity contribution in [1.29, 1.82) is 0 Å². The summed E-state index contributed by atoms with van der Waals surface area (Å²) >= 11 is 0. The maximum atomic E-state index is 11.4. The van der Waals surface area contributed by atoms with Crippen molar-refractivity contribution in [1.82, 2.24) is 0 Å². The van der Waals surface area contributed by atoms with E-state index in [9.17, 15) is 4.79 Å². The molecule has 0 N–H and O–H groups in total. The molecule has 0 heterocycles. The summed E-state index contributed by atoms with van der Waals surface area (Å²) in [4.78, 5) is 11.4. The summed E-state index contributed by atoms with van der Waals surface area (Å²) in [5.74, 6) is 0.452. The molecule has 0 fully saturated rings. The summed E-state index contributed by atoms with van der Waals surface area (Å²) in [7, 11) is 1.41. The van der Waals surface area contributed by atoms with Crippen molar-refractivity contribution in [2.75, 3.05) is 7.11 Å². The van der Waals surface area contributed by atoms with Crippen molar-refractivity contribution < 1.29 is 9.53 Å². The van der Waals surface area contributed by atoms with Gasteiger partial charge in [0.25, 0.3) is 0 Å². The number of ether oxygens (including phenoxy) is 1. The zero-order valence-electron chi connectivity index (χ0n) is 10.5. The SMILES string of the molecule is COC(=O)c1ccc(CCC(C)C)cc1C. The molecule has 1 rings (SSSR count). The van der Waals surface area contributed by atoms with Gasteiger partial charge in [-0.3, -0.25) is 0 Å². The van der Waals surface area contributed by atoms with Crippen LogP contribution in [0.2, 0.25) is 0 Å². The quantitative estimate of drug-likeness (QED) is 0.727. The first-order valence-corrected chi connectivity index (χ1v) is 5.72. The van der Waals surface area contributed by atoms with Gasteiger partial charge >= 0.3 is 5.97 Å². The number of aryl methyl sites for hydroxylation is 2. The number of carbonyl (C=O) groups is 1. The standard InChI is InChI=1S/C14H20O2/c1-10(2)5-6-12-7-8-13(11(3)9-12)14(15)16-4/h7-10H,5-6H2,1-4H3. The Hall–Kier alpha value is -1.31. The number of rotatable bonds is 4. The maximum Gasteiger partial charge on any atom is 0.338 e. The first-order chi connectivity index (χ1) is 7.54. The van der Waals surface area contributed by atoms with E-state index in [0.717, 1.165) is 12.0 Å². The van der Waals surface area contributed by atoms with Gasteiger partial charge in [-0.25, -0.2) is 4.79 Å². The number of methoxy groups -OCH3 is 1. The molecule has 0 aliphatic carbocycles. The fourth-order valence-corrected chi connectivity index (χ4v) is 1.68. The molecule has 1 aromatic rings. The maximum absolute atomic E-state index is 11.4. The van der Waals surface area contributed by atoms with Crippen LogP contribution in [0.4, 0.5) is 0 Å². The molecule has 88 valence electrons. The fraction of sp³-hybridized carbons (Fsp3) is 0.500. The number of benzene rings is 1. The van der Waals surface area contributed by atoms with Crippen LogP contribution in [0.25, 0.3) is 0 Å². The van der Waals surface area contributed by atoms with Gasteiger partial charge in [-0.15, -0.1) is 0 Å². The number of carbonyl (C=O) groups excluding carboxylic acids is 1. The molecule has 0 aliphatic rings. The molecule has 0 unspecified atom stereocenters. The van der Waals surface area contributed by atoms with Crippen molar-refractivity contribution >= 4 is 5.97 Å². The number of hydrogen-bond acceptors (Lipinski definition) is 2. The summed E-state index contributed by atoms with van der Waals surface area (Å²) in [5, 5.41) is 0. The number of esters is 1. The Bertz CT molecular complexity index is 367. The van der Waals surface area contributed by atoms with E-state index in [2.05, 4.69) is 19.9 Å². The lowest BCUT2D eigenvalue weighted by molar-refractivity contribution is 0.0600. The van der Waals surface area contributed by atoms with E-state index in [1.54, 1.807) is 0 Å². The molecule has 2 nitrogen and oxygen atoms in total. The van der Waals surface area contributed by atoms with Gasteiger partial charge < -0.3 is 4.74 Å². The molecule has 16 heavy (non-hydrogen) atoms. The molecule has 0 atom stereocenters. The van der Waals surface area contributed by atoms with Crippen molar-refractivity contribution in [3.8, 4) is 0 Å². The lowest BCUT2D eigenvalue weighted by Gasteiger charge is -2.08. The van der Waals surface area contributed by atoms with E-state index >= 15 is 0 Å². The van der Waals surface area contributed by atoms with Gasteiger partial charge in [0.05, 0.1) is 12.7 Å². The lowest BCUT2D eigenvalue weighted by atomic mass is 9.99. The summed E-state index contributed by atoms with van der Waals surface area (Å²) in [5.41, 5.74) is 2.95. The molecule has 0 spiro atoms. The normalized spacial score (nSPS) is 10.6. The molecule has 0 bridgehead atoms. The highest BCUT2D eigenvalue weighted by Gasteiger charge is 2.09. The van der Waals surface area contributed by atoms with E-state index in [0.29, 0.717) is 11.5 Å². The van der Waals surface area contributed by atoms with Crippen LogP contribution >= 0.6 is 0 Å². The van der Waals surface area contributed by atoms with E-state index in [1.807, 2.05) is 19.1 Å². The average molecular weight is 220 g/mol. The van der Waals surface area contributed by atoms with E-state index in [-0.39, 0.29) is 5.97 Å². The molecule has 0 aliphatic heterocycles. The molecule has 1 aromatic carbocycles. The highest BCUT2D eigenvalue weighted by molar-refractivity contribution is 5.90. The van der Waals surface area contributed by atoms with Crippen molar-refractivity contribution in [2.24, 2.45) is 5.92 Å². The number of hydrogen-bond donors (Lipinski definition) is 0. The van der Waals surface area contributed by atoms with Crippen LogP contribution in [0, 0.1) is 12.8 Å². The highest BCUT2D eigenvalue weighted by atomic mass is 16.5. The Morgan fingerprint density at radius 1 is 1.38 bits per heavy atom. The Morgan fingerprint density at radius 2 is 2.06 bits per heavy atom. The van der Waals surface area contributed by atoms with Gasteiger partial charge in [-0.1, -0.05) is 26.0 Å². The second-order valence-electron chi connectivity index (χ2n) is 4.57. The summed E-state index contributed by atoms with van der Waals surface area (Å²) < 4.78 is 4.72. The van der Waals surface area contributed by atoms with E-state index in [4.69, 9.17) is 4.74 Å². The molecular formula is C14H20O2. The Labute approximate surface area is 97.6 Å². The lowest BCUT2D eigenvalue weighted by Crippen LogP contribution is -2.04. The molecule has 0 radical (unpaired) electrons. The predicted molar refractivity (Wildman–Crippen MR) is 65.7 cm³/mol. The first-order valence-electron chi connectivity index (χ1n) is 5.72. The summed E-state index contributed by atoms with van der Waals surface area (Å²) in [6.07, 6.45) is 2.25. The van der Waals surface area contributed by atoms with Crippen LogP contribution in [0.3, 0.4) is 0 Å². The Kier molecular flexibility index (Phi) is 4.53. The molecule has 0 saturated carbocycles. The predicted octanol–water partition coefficient (Wildman–Crippen LogP) is 3.37. The second-order valence-corrected chi connectivity index (χ2v) is 4.57. The topological polar surface area (TPSA) is 26.3 Å². The minimum absolute atomic E-state index is 0.257. The van der Waals surface area contributed by atoms with Crippen LogP contribution in [0.15, 0.2) is 18.2 Å². The van der Waals surface area contributed by atoms with Gasteiger partial charge in [0.15, 0.2) is 0 Å². The summed E-state index contributed by atoms with van der Waals surface area (Å²) in [6, 6.07) is 5.95. The highest BCUT2D eigenvalue weighted by Crippen LogP contribution is 2.15. The van der Waals surface area contributed by atoms with Gasteiger partial charge in [0, 0.05) is 0 Å². The molecule has 2 heteroatoms. The van der Waals surface area contributed by atoms with Crippen LogP contribution < -0.4 is 0 Å². The minimum atomic E-state index is -0.257. The molecule has 0 aromatic heterocycles. The zero-order valence-corrected chi connectivity index (χ0v) is 10.5. The monoisotopic (exact) mass is 220 g/mol. The van der Waals surface area contributed by atoms with Crippen molar-refractivity contribution in [3.63, 3.8) is 0 Å². The largest absolute Gasteiger partial charge is 0.465 e. The molecule has 0 amide bonds. The van der Waals surface area contributed by atoms with Gasteiger partial charge in [0.1, 0.15) is 0 Å². The second kappa shape index (κ2) is 5.69. The average Bonchev–Trinajstić information content (AvgIpc) is 2.25. The van der Waals surface area contributed by atoms with Crippen LogP contribution in [0.5, 0.6) is 0 Å². The van der Waals surface area contributed by atoms with E-state index < -0.39 is 0 Å². The third kappa shape index (κ3) is 3.37. The molecule has 0 saturated heterocycles. The fourth-order valence-electron chi connectivity index (χ4n) is 1.68. The Balaban J connectivity index is 2.78. The smallest absolute Gasteiger partial charge is 0.338 e. The van der Waals surface area contributed by atoms with Gasteiger partial charge in [-0.2, -0.15) is 0 Å². The van der Waals surface area contributed by atoms with E-state index in [1.165, 1.54) is 19.1 Å². The third-order valence-electron chi connectivity index (χ3n) is 2.71. The zero-order chi connectivity index (χ0) is 12.1. The Morgan fingerprint density at radius 3 is 2.56 bits per heavy atom. The summed E-state index contributed by atoms with van der Waals surface area (Å²) in [6.45, 7) is 6.39. The van der Waals surface area contributed by atoms with Crippen LogP contribution in [-0.2, 0) is 11.2 Å². The van der Waals surface area contributed by atoms with Crippen LogP contribution in [-0.4, -0.2) is 13.1 Å². The van der Waals surface area contributed by atoms with Gasteiger partial charge in [-0.05, 0) is 42.9 Å². The molecular weight excluding hydrogens is 200 g/mol. The first kappa shape index (κ1) is 12.8. The van der Waals surface area contributed by atoms with Crippen LogP contribution in [0.1, 0.15) is 41.8 Å². The minimum Gasteiger partial charge on any atom is -0.465 e. The van der Waals surface area contributed by atoms with Gasteiger partial charge in [0.2, 0.25) is 0 Å².